The number of hydrogen-bond donors (Lipinski definition) is 2. The van der Waals surface area contributed by atoms with Gasteiger partial charge >= 0.3 is 5.97 Å². The molecule has 1 aromatic rings. The van der Waals surface area contributed by atoms with E-state index in [-0.39, 0.29) is 17.4 Å². The van der Waals surface area contributed by atoms with Crippen LogP contribution in [0.3, 0.4) is 0 Å². The molecule has 1 amide bonds. The van der Waals surface area contributed by atoms with Gasteiger partial charge in [0.1, 0.15) is 0 Å². The third kappa shape index (κ3) is 2.70. The third-order valence-corrected chi connectivity index (χ3v) is 3.69. The van der Waals surface area contributed by atoms with Crippen LogP contribution in [0.4, 0.5) is 11.4 Å². The number of nitrogens with two attached hydrogens (primary N) is 1. The molecule has 1 fully saturated rings. The number of carbonyl (C=O) groups is 2. The molecule has 0 saturated heterocycles. The van der Waals surface area contributed by atoms with Crippen LogP contribution in [-0.4, -0.2) is 24.0 Å². The summed E-state index contributed by atoms with van der Waals surface area (Å²) in [4.78, 5) is 24.6. The molecular weight excluding hydrogens is 244 g/mol. The summed E-state index contributed by atoms with van der Waals surface area (Å²) in [5.41, 5.74) is 6.82. The fourth-order valence-electron chi connectivity index (χ4n) is 2.22. The highest BCUT2D eigenvalue weighted by Gasteiger charge is 2.34. The van der Waals surface area contributed by atoms with E-state index in [0.717, 1.165) is 12.8 Å². The quantitative estimate of drug-likeness (QED) is 0.813. The second-order valence-corrected chi connectivity index (χ2v) is 5.10. The predicted molar refractivity (Wildman–Crippen MR) is 73.1 cm³/mol. The SMILES string of the molecule is CC(C(=O)N(C)c1ccc(C(=O)O)cc1N)C1CC1. The van der Waals surface area contributed by atoms with Crippen LogP contribution in [0.5, 0.6) is 0 Å². The molecule has 102 valence electrons. The molecule has 1 saturated carbocycles. The van der Waals surface area contributed by atoms with E-state index in [0.29, 0.717) is 17.3 Å². The number of nitrogens with zero attached hydrogens (tertiary/aromatic N) is 1. The molecule has 5 heteroatoms. The lowest BCUT2D eigenvalue weighted by Gasteiger charge is -2.23. The van der Waals surface area contributed by atoms with Crippen molar-refractivity contribution in [2.45, 2.75) is 19.8 Å². The Labute approximate surface area is 112 Å². The third-order valence-electron chi connectivity index (χ3n) is 3.69. The predicted octanol–water partition coefficient (Wildman–Crippen LogP) is 1.98. The number of carboxylic acids is 1. The van der Waals surface area contributed by atoms with E-state index in [1.807, 2.05) is 6.92 Å². The van der Waals surface area contributed by atoms with Crippen LogP contribution in [0.2, 0.25) is 0 Å². The summed E-state index contributed by atoms with van der Waals surface area (Å²) in [5.74, 6) is -0.533. The van der Waals surface area contributed by atoms with Crippen molar-refractivity contribution in [3.05, 3.63) is 23.8 Å². The first kappa shape index (κ1) is 13.4. The van der Waals surface area contributed by atoms with Crippen molar-refractivity contribution in [1.82, 2.24) is 0 Å². The number of carboxylic acid groups (broad SMARTS) is 1. The molecule has 0 bridgehead atoms. The highest BCUT2D eigenvalue weighted by atomic mass is 16.4. The van der Waals surface area contributed by atoms with Gasteiger partial charge in [-0.3, -0.25) is 4.79 Å². The van der Waals surface area contributed by atoms with Gasteiger partial charge < -0.3 is 15.7 Å². The highest BCUT2D eigenvalue weighted by molar-refractivity contribution is 5.99. The molecule has 1 aliphatic rings. The zero-order valence-corrected chi connectivity index (χ0v) is 11.1. The molecule has 1 aliphatic carbocycles. The summed E-state index contributed by atoms with van der Waals surface area (Å²) in [7, 11) is 1.67. The number of carbonyl (C=O) groups excluding carboxylic acids is 1. The molecular formula is C14H18N2O3. The van der Waals surface area contributed by atoms with E-state index >= 15 is 0 Å². The van der Waals surface area contributed by atoms with Crippen molar-refractivity contribution < 1.29 is 14.7 Å². The lowest BCUT2D eigenvalue weighted by Crippen LogP contribution is -2.33. The van der Waals surface area contributed by atoms with Gasteiger partial charge in [-0.15, -0.1) is 0 Å². The molecule has 0 aromatic heterocycles. The minimum absolute atomic E-state index is 0.0106. The fraction of sp³-hybridized carbons (Fsp3) is 0.429. The molecule has 0 heterocycles. The average molecular weight is 262 g/mol. The Balaban J connectivity index is 2.20. The van der Waals surface area contributed by atoms with Crippen LogP contribution in [0, 0.1) is 11.8 Å². The summed E-state index contributed by atoms with van der Waals surface area (Å²) >= 11 is 0. The Hall–Kier alpha value is -2.04. The Morgan fingerprint density at radius 2 is 2.05 bits per heavy atom. The van der Waals surface area contributed by atoms with Gasteiger partial charge in [-0.2, -0.15) is 0 Å². The lowest BCUT2D eigenvalue weighted by atomic mass is 10.0. The van der Waals surface area contributed by atoms with Crippen LogP contribution in [-0.2, 0) is 4.79 Å². The van der Waals surface area contributed by atoms with Crippen LogP contribution < -0.4 is 10.6 Å². The largest absolute Gasteiger partial charge is 0.478 e. The summed E-state index contributed by atoms with van der Waals surface area (Å²) in [6.45, 7) is 1.93. The first-order valence-corrected chi connectivity index (χ1v) is 6.32. The van der Waals surface area contributed by atoms with Gasteiger partial charge in [0, 0.05) is 13.0 Å². The van der Waals surface area contributed by atoms with Crippen molar-refractivity contribution in [3.8, 4) is 0 Å². The molecule has 1 unspecified atom stereocenters. The average Bonchev–Trinajstić information content (AvgIpc) is 3.20. The highest BCUT2D eigenvalue weighted by Crippen LogP contribution is 2.38. The van der Waals surface area contributed by atoms with Gasteiger partial charge in [0.25, 0.3) is 0 Å². The zero-order valence-electron chi connectivity index (χ0n) is 11.1. The number of rotatable bonds is 4. The van der Waals surface area contributed by atoms with Crippen molar-refractivity contribution in [2.75, 3.05) is 17.7 Å². The van der Waals surface area contributed by atoms with E-state index in [1.165, 1.54) is 17.0 Å². The maximum absolute atomic E-state index is 12.2. The zero-order chi connectivity index (χ0) is 14.2. The summed E-state index contributed by atoms with van der Waals surface area (Å²) < 4.78 is 0. The lowest BCUT2D eigenvalue weighted by molar-refractivity contribution is -0.122. The number of anilines is 2. The van der Waals surface area contributed by atoms with E-state index in [1.54, 1.807) is 13.1 Å². The second kappa shape index (κ2) is 4.91. The number of nitrogen functional groups attached to an aromatic ring is 1. The summed E-state index contributed by atoms with van der Waals surface area (Å²) in [6.07, 6.45) is 2.21. The summed E-state index contributed by atoms with van der Waals surface area (Å²) in [5, 5.41) is 8.88. The molecule has 0 radical (unpaired) electrons. The van der Waals surface area contributed by atoms with E-state index in [4.69, 9.17) is 10.8 Å². The first-order chi connectivity index (χ1) is 8.91. The standard InChI is InChI=1S/C14H18N2O3/c1-8(9-3-4-9)13(17)16(2)12-6-5-10(14(18)19)7-11(12)15/h5-9H,3-4,15H2,1-2H3,(H,18,19). The van der Waals surface area contributed by atoms with Crippen molar-refractivity contribution >= 4 is 23.3 Å². The number of amides is 1. The van der Waals surface area contributed by atoms with Gasteiger partial charge in [-0.25, -0.2) is 4.79 Å². The van der Waals surface area contributed by atoms with Gasteiger partial charge in [0.05, 0.1) is 16.9 Å². The second-order valence-electron chi connectivity index (χ2n) is 5.10. The molecule has 5 nitrogen and oxygen atoms in total. The number of aromatic carboxylic acids is 1. The van der Waals surface area contributed by atoms with Gasteiger partial charge in [0.2, 0.25) is 5.91 Å². The van der Waals surface area contributed by atoms with Gasteiger partial charge in [-0.05, 0) is 37.0 Å². The molecule has 19 heavy (non-hydrogen) atoms. The first-order valence-electron chi connectivity index (χ1n) is 6.32. The van der Waals surface area contributed by atoms with Crippen LogP contribution in [0.25, 0.3) is 0 Å². The fourth-order valence-corrected chi connectivity index (χ4v) is 2.22. The normalized spacial score (nSPS) is 15.9. The molecule has 1 aromatic carbocycles. The van der Waals surface area contributed by atoms with E-state index in [2.05, 4.69) is 0 Å². The molecule has 0 spiro atoms. The van der Waals surface area contributed by atoms with Gasteiger partial charge in [0.15, 0.2) is 0 Å². The summed E-state index contributed by atoms with van der Waals surface area (Å²) in [6, 6.07) is 4.42. The topological polar surface area (TPSA) is 83.6 Å². The van der Waals surface area contributed by atoms with Crippen LogP contribution >= 0.6 is 0 Å². The number of benzene rings is 1. The Kier molecular flexibility index (Phi) is 3.46. The van der Waals surface area contributed by atoms with Crippen LogP contribution in [0.15, 0.2) is 18.2 Å². The molecule has 2 rings (SSSR count). The Morgan fingerprint density at radius 1 is 1.42 bits per heavy atom. The Bertz CT molecular complexity index is 523. The van der Waals surface area contributed by atoms with Gasteiger partial charge in [-0.1, -0.05) is 6.92 Å². The van der Waals surface area contributed by atoms with Crippen molar-refractivity contribution in [3.63, 3.8) is 0 Å². The molecule has 1 atom stereocenters. The van der Waals surface area contributed by atoms with Crippen molar-refractivity contribution in [2.24, 2.45) is 11.8 Å². The molecule has 0 aliphatic heterocycles. The maximum Gasteiger partial charge on any atom is 0.335 e. The number of hydrogen-bond acceptors (Lipinski definition) is 3. The minimum atomic E-state index is -1.03. The van der Waals surface area contributed by atoms with Crippen LogP contribution in [0.1, 0.15) is 30.1 Å². The maximum atomic E-state index is 12.2. The van der Waals surface area contributed by atoms with E-state index in [9.17, 15) is 9.59 Å². The molecule has 3 N–H and O–H groups in total. The smallest absolute Gasteiger partial charge is 0.335 e. The monoisotopic (exact) mass is 262 g/mol. The minimum Gasteiger partial charge on any atom is -0.478 e. The Morgan fingerprint density at radius 3 is 2.53 bits per heavy atom. The van der Waals surface area contributed by atoms with Crippen molar-refractivity contribution in [1.29, 1.82) is 0 Å². The van der Waals surface area contributed by atoms with E-state index < -0.39 is 5.97 Å².